The highest BCUT2D eigenvalue weighted by molar-refractivity contribution is 5.73. The Bertz CT molecular complexity index is 474. The fraction of sp³-hybridized carbons (Fsp3) is 0.750. The van der Waals surface area contributed by atoms with Crippen molar-refractivity contribution in [3.05, 3.63) is 11.7 Å². The molecule has 1 atom stereocenters. The van der Waals surface area contributed by atoms with E-state index in [1.54, 1.807) is 0 Å². The van der Waals surface area contributed by atoms with Gasteiger partial charge in [-0.15, -0.1) is 0 Å². The highest BCUT2D eigenvalue weighted by Crippen LogP contribution is 2.24. The minimum atomic E-state index is -5.08. The van der Waals surface area contributed by atoms with Gasteiger partial charge in [-0.2, -0.15) is 18.2 Å². The summed E-state index contributed by atoms with van der Waals surface area (Å²) in [6.07, 6.45) is -2.79. The van der Waals surface area contributed by atoms with Crippen LogP contribution in [0.25, 0.3) is 0 Å². The number of hydrogen-bond acceptors (Lipinski definition) is 5. The molecule has 0 saturated carbocycles. The Hall–Kier alpha value is -1.64. The predicted molar refractivity (Wildman–Crippen MR) is 66.7 cm³/mol. The summed E-state index contributed by atoms with van der Waals surface area (Å²) in [5, 5.41) is 14.5. The van der Waals surface area contributed by atoms with Crippen molar-refractivity contribution in [2.45, 2.75) is 51.2 Å². The third-order valence-electron chi connectivity index (χ3n) is 2.71. The fourth-order valence-corrected chi connectivity index (χ4v) is 1.58. The van der Waals surface area contributed by atoms with Crippen LogP contribution < -0.4 is 5.32 Å². The van der Waals surface area contributed by atoms with Gasteiger partial charge in [0.15, 0.2) is 5.82 Å². The van der Waals surface area contributed by atoms with Crippen LogP contribution in [0.2, 0.25) is 0 Å². The topological polar surface area (TPSA) is 88.3 Å². The molecule has 0 radical (unpaired) electrons. The monoisotopic (exact) mass is 309 g/mol. The lowest BCUT2D eigenvalue weighted by Gasteiger charge is -2.11. The molecule has 1 unspecified atom stereocenters. The van der Waals surface area contributed by atoms with Crippen LogP contribution in [0.15, 0.2) is 4.52 Å². The van der Waals surface area contributed by atoms with Crippen molar-refractivity contribution in [1.29, 1.82) is 0 Å². The van der Waals surface area contributed by atoms with E-state index < -0.39 is 12.1 Å². The van der Waals surface area contributed by atoms with E-state index in [1.807, 2.05) is 0 Å². The molecule has 2 heterocycles. The number of carbonyl (C=O) groups is 1. The number of nitrogens with zero attached hydrogens (tertiary/aromatic N) is 2. The van der Waals surface area contributed by atoms with E-state index >= 15 is 0 Å². The minimum Gasteiger partial charge on any atom is -0.475 e. The Kier molecular flexibility index (Phi) is 5.32. The number of carboxylic acid groups (broad SMARTS) is 1. The predicted octanol–water partition coefficient (Wildman–Crippen LogP) is 2.42. The summed E-state index contributed by atoms with van der Waals surface area (Å²) in [5.41, 5.74) is -0.0274. The van der Waals surface area contributed by atoms with Crippen molar-refractivity contribution in [1.82, 2.24) is 15.5 Å². The van der Waals surface area contributed by atoms with Gasteiger partial charge in [0.05, 0.1) is 6.04 Å². The van der Waals surface area contributed by atoms with E-state index in [-0.39, 0.29) is 11.5 Å². The number of aliphatic carboxylic acids is 1. The number of aromatic nitrogens is 2. The number of nitrogens with one attached hydrogen (secondary N) is 1. The lowest BCUT2D eigenvalue weighted by atomic mass is 9.96. The number of alkyl halides is 3. The Morgan fingerprint density at radius 3 is 2.29 bits per heavy atom. The molecular weight excluding hydrogens is 291 g/mol. The molecule has 1 fully saturated rings. The largest absolute Gasteiger partial charge is 0.490 e. The molecule has 2 rings (SSSR count). The molecule has 0 aromatic carbocycles. The van der Waals surface area contributed by atoms with Gasteiger partial charge < -0.3 is 14.9 Å². The first kappa shape index (κ1) is 17.4. The number of rotatable bonds is 1. The van der Waals surface area contributed by atoms with E-state index in [0.29, 0.717) is 0 Å². The maximum Gasteiger partial charge on any atom is 0.490 e. The maximum atomic E-state index is 10.6. The molecule has 1 aliphatic heterocycles. The van der Waals surface area contributed by atoms with Gasteiger partial charge in [-0.05, 0) is 19.4 Å². The summed E-state index contributed by atoms with van der Waals surface area (Å²) in [5.74, 6) is -1.22. The van der Waals surface area contributed by atoms with Gasteiger partial charge in [-0.3, -0.25) is 0 Å². The summed E-state index contributed by atoms with van der Waals surface area (Å²) in [6, 6.07) is 0.276. The summed E-state index contributed by atoms with van der Waals surface area (Å²) in [4.78, 5) is 13.3. The van der Waals surface area contributed by atoms with Crippen LogP contribution in [0.5, 0.6) is 0 Å². The molecule has 21 heavy (non-hydrogen) atoms. The van der Waals surface area contributed by atoms with Crippen LogP contribution in [-0.2, 0) is 10.2 Å². The van der Waals surface area contributed by atoms with Crippen molar-refractivity contribution in [2.24, 2.45) is 0 Å². The zero-order valence-corrected chi connectivity index (χ0v) is 12.0. The Morgan fingerprint density at radius 1 is 1.38 bits per heavy atom. The van der Waals surface area contributed by atoms with Gasteiger partial charge in [0.2, 0.25) is 5.89 Å². The van der Waals surface area contributed by atoms with Gasteiger partial charge in [0.1, 0.15) is 0 Å². The Labute approximate surface area is 119 Å². The van der Waals surface area contributed by atoms with E-state index in [2.05, 4.69) is 36.2 Å². The molecule has 1 aliphatic rings. The summed E-state index contributed by atoms with van der Waals surface area (Å²) in [7, 11) is 0. The van der Waals surface area contributed by atoms with Gasteiger partial charge in [0, 0.05) is 5.41 Å². The van der Waals surface area contributed by atoms with Crippen LogP contribution in [0, 0.1) is 0 Å². The van der Waals surface area contributed by atoms with Gasteiger partial charge >= 0.3 is 12.1 Å². The quantitative estimate of drug-likeness (QED) is 0.828. The summed E-state index contributed by atoms with van der Waals surface area (Å²) in [6.45, 7) is 7.31. The molecule has 0 spiro atoms. The van der Waals surface area contributed by atoms with Crippen molar-refractivity contribution < 1.29 is 27.6 Å². The molecule has 1 aromatic heterocycles. The molecule has 1 aromatic rings. The highest BCUT2D eigenvalue weighted by Gasteiger charge is 2.38. The van der Waals surface area contributed by atoms with E-state index in [0.717, 1.165) is 24.7 Å². The molecular formula is C12H18F3N3O3. The van der Waals surface area contributed by atoms with Crippen molar-refractivity contribution >= 4 is 5.97 Å². The zero-order chi connectivity index (χ0) is 16.3. The van der Waals surface area contributed by atoms with Crippen LogP contribution in [-0.4, -0.2) is 33.9 Å². The second-order valence-corrected chi connectivity index (χ2v) is 5.66. The van der Waals surface area contributed by atoms with Gasteiger partial charge in [0.25, 0.3) is 0 Å². The number of halogens is 3. The summed E-state index contributed by atoms with van der Waals surface area (Å²) < 4.78 is 37.0. The molecule has 0 bridgehead atoms. The maximum absolute atomic E-state index is 10.6. The smallest absolute Gasteiger partial charge is 0.475 e. The molecule has 9 heteroatoms. The number of hydrogen-bond donors (Lipinski definition) is 2. The SMILES string of the molecule is CC(C)(C)c1noc(C2CCCN2)n1.O=C(O)C(F)(F)F. The van der Waals surface area contributed by atoms with Gasteiger partial charge in [-0.25, -0.2) is 4.79 Å². The van der Waals surface area contributed by atoms with Crippen LogP contribution in [0.1, 0.15) is 51.4 Å². The molecule has 1 saturated heterocycles. The van der Waals surface area contributed by atoms with Crippen molar-refractivity contribution in [3.8, 4) is 0 Å². The van der Waals surface area contributed by atoms with Crippen LogP contribution in [0.3, 0.4) is 0 Å². The molecule has 0 aliphatic carbocycles. The van der Waals surface area contributed by atoms with E-state index in [9.17, 15) is 13.2 Å². The third-order valence-corrected chi connectivity index (χ3v) is 2.71. The van der Waals surface area contributed by atoms with E-state index in [1.165, 1.54) is 6.42 Å². The second-order valence-electron chi connectivity index (χ2n) is 5.66. The first-order valence-corrected chi connectivity index (χ1v) is 6.39. The van der Waals surface area contributed by atoms with Crippen LogP contribution >= 0.6 is 0 Å². The van der Waals surface area contributed by atoms with Gasteiger partial charge in [-0.1, -0.05) is 25.9 Å². The molecule has 6 nitrogen and oxygen atoms in total. The Balaban J connectivity index is 0.000000270. The second kappa shape index (κ2) is 6.42. The number of carboxylic acids is 1. The Morgan fingerprint density at radius 2 is 1.95 bits per heavy atom. The lowest BCUT2D eigenvalue weighted by molar-refractivity contribution is -0.192. The van der Waals surface area contributed by atoms with Crippen molar-refractivity contribution in [3.63, 3.8) is 0 Å². The highest BCUT2D eigenvalue weighted by atomic mass is 19.4. The zero-order valence-electron chi connectivity index (χ0n) is 12.0. The molecule has 120 valence electrons. The fourth-order valence-electron chi connectivity index (χ4n) is 1.58. The first-order valence-electron chi connectivity index (χ1n) is 6.39. The van der Waals surface area contributed by atoms with Crippen molar-refractivity contribution in [2.75, 3.05) is 6.54 Å². The standard InChI is InChI=1S/C10H17N3O.C2HF3O2/c1-10(2,3)9-12-8(14-13-9)7-5-4-6-11-7;3-2(4,5)1(6)7/h7,11H,4-6H2,1-3H3;(H,6,7). The average molecular weight is 309 g/mol. The molecule has 0 amide bonds. The third kappa shape index (κ3) is 5.33. The first-order chi connectivity index (χ1) is 9.51. The minimum absolute atomic E-state index is 0.0274. The van der Waals surface area contributed by atoms with Crippen LogP contribution in [0.4, 0.5) is 13.2 Å². The average Bonchev–Trinajstić information content (AvgIpc) is 2.98. The van der Waals surface area contributed by atoms with E-state index in [4.69, 9.17) is 14.4 Å². The normalized spacial score (nSPS) is 19.0. The molecule has 2 N–H and O–H groups in total. The summed E-state index contributed by atoms with van der Waals surface area (Å²) >= 11 is 0. The lowest BCUT2D eigenvalue weighted by Crippen LogP contribution is -2.21.